The van der Waals surface area contributed by atoms with Crippen LogP contribution in [0, 0.1) is 11.7 Å². The van der Waals surface area contributed by atoms with Crippen molar-refractivity contribution in [2.45, 2.75) is 52.4 Å². The average molecular weight is 562 g/mol. The van der Waals surface area contributed by atoms with Crippen molar-refractivity contribution in [3.05, 3.63) is 94.8 Å². The Balaban J connectivity index is 1.34. The Bertz CT molecular complexity index is 1300. The molecule has 1 aliphatic heterocycles. The van der Waals surface area contributed by atoms with Gasteiger partial charge in [-0.2, -0.15) is 0 Å². The third-order valence-electron chi connectivity index (χ3n) is 7.56. The van der Waals surface area contributed by atoms with Crippen LogP contribution >= 0.6 is 0 Å². The van der Waals surface area contributed by atoms with Crippen molar-refractivity contribution < 1.29 is 23.5 Å². The lowest BCUT2D eigenvalue weighted by molar-refractivity contribution is -0.138. The number of nitrogens with zero attached hydrogens (tertiary/aromatic N) is 2. The van der Waals surface area contributed by atoms with Gasteiger partial charge in [-0.05, 0) is 65.9 Å². The van der Waals surface area contributed by atoms with E-state index in [0.29, 0.717) is 30.2 Å². The van der Waals surface area contributed by atoms with Crippen molar-refractivity contribution in [2.24, 2.45) is 5.92 Å². The average Bonchev–Trinajstić information content (AvgIpc) is 3.00. The quantitative estimate of drug-likeness (QED) is 0.339. The molecule has 3 aromatic carbocycles. The Labute approximate surface area is 242 Å². The molecule has 4 rings (SSSR count). The van der Waals surface area contributed by atoms with E-state index in [1.165, 1.54) is 12.1 Å². The van der Waals surface area contributed by atoms with Crippen molar-refractivity contribution in [3.8, 4) is 11.5 Å². The SMILES string of the molecule is COc1ccc(CNC(=O)c2ccc(CN(C(=O)C(C)C)C3CCN(Cc4ccc(F)cc4)CC3)cc2)cc1OC. The zero-order valence-corrected chi connectivity index (χ0v) is 24.4. The highest BCUT2D eigenvalue weighted by Crippen LogP contribution is 2.27. The summed E-state index contributed by atoms with van der Waals surface area (Å²) in [5, 5.41) is 2.95. The van der Waals surface area contributed by atoms with Crippen LogP contribution < -0.4 is 14.8 Å². The number of amides is 2. The van der Waals surface area contributed by atoms with Crippen LogP contribution in [0.15, 0.2) is 66.7 Å². The zero-order chi connectivity index (χ0) is 29.4. The van der Waals surface area contributed by atoms with Crippen molar-refractivity contribution in [1.82, 2.24) is 15.1 Å². The van der Waals surface area contributed by atoms with Gasteiger partial charge in [0.2, 0.25) is 5.91 Å². The fourth-order valence-corrected chi connectivity index (χ4v) is 5.19. The number of hydrogen-bond donors (Lipinski definition) is 1. The molecular weight excluding hydrogens is 521 g/mol. The number of nitrogens with one attached hydrogen (secondary N) is 1. The predicted octanol–water partition coefficient (Wildman–Crippen LogP) is 5.42. The van der Waals surface area contributed by atoms with Crippen LogP contribution in [0.5, 0.6) is 11.5 Å². The maximum Gasteiger partial charge on any atom is 0.251 e. The third-order valence-corrected chi connectivity index (χ3v) is 7.56. The topological polar surface area (TPSA) is 71.1 Å². The number of methoxy groups -OCH3 is 2. The minimum atomic E-state index is -0.224. The summed E-state index contributed by atoms with van der Waals surface area (Å²) >= 11 is 0. The lowest BCUT2D eigenvalue weighted by Crippen LogP contribution is -2.48. The molecule has 0 unspecified atom stereocenters. The molecule has 7 nitrogen and oxygen atoms in total. The molecule has 0 radical (unpaired) electrons. The second kappa shape index (κ2) is 14.1. The summed E-state index contributed by atoms with van der Waals surface area (Å²) in [6.45, 7) is 7.27. The lowest BCUT2D eigenvalue weighted by atomic mass is 9.99. The molecule has 0 atom stereocenters. The standard InChI is InChI=1S/C33H40FN3O4/c1-23(2)33(39)37(29-15-17-36(18-16-29)21-24-7-12-28(34)13-8-24)22-25-5-10-27(11-6-25)32(38)35-20-26-9-14-30(40-3)31(19-26)41-4/h5-14,19,23,29H,15-18,20-22H2,1-4H3,(H,35,38). The predicted molar refractivity (Wildman–Crippen MR) is 157 cm³/mol. The molecule has 8 heteroatoms. The van der Waals surface area contributed by atoms with Gasteiger partial charge in [0.25, 0.3) is 5.91 Å². The normalized spacial score (nSPS) is 14.1. The Hall–Kier alpha value is -3.91. The van der Waals surface area contributed by atoms with E-state index >= 15 is 0 Å². The highest BCUT2D eigenvalue weighted by atomic mass is 19.1. The molecule has 218 valence electrons. The molecule has 0 bridgehead atoms. The maximum atomic E-state index is 13.3. The van der Waals surface area contributed by atoms with Crippen LogP contribution in [-0.4, -0.2) is 55.0 Å². The van der Waals surface area contributed by atoms with Gasteiger partial charge in [0, 0.05) is 50.2 Å². The highest BCUT2D eigenvalue weighted by Gasteiger charge is 2.29. The smallest absolute Gasteiger partial charge is 0.251 e. The van der Waals surface area contributed by atoms with E-state index in [-0.39, 0.29) is 29.6 Å². The van der Waals surface area contributed by atoms with Gasteiger partial charge in [0.15, 0.2) is 11.5 Å². The molecule has 0 saturated carbocycles. The van der Waals surface area contributed by atoms with E-state index in [1.54, 1.807) is 14.2 Å². The fourth-order valence-electron chi connectivity index (χ4n) is 5.19. The molecule has 2 amide bonds. The molecular formula is C33H40FN3O4. The third kappa shape index (κ3) is 8.07. The Morgan fingerprint density at radius 1 is 0.902 bits per heavy atom. The summed E-state index contributed by atoms with van der Waals surface area (Å²) in [6, 6.07) is 19.8. The summed E-state index contributed by atoms with van der Waals surface area (Å²) in [6.07, 6.45) is 1.77. The number of benzene rings is 3. The summed E-state index contributed by atoms with van der Waals surface area (Å²) in [5.41, 5.74) is 3.54. The number of piperidine rings is 1. The number of ether oxygens (including phenoxy) is 2. The van der Waals surface area contributed by atoms with Crippen LogP contribution in [-0.2, 0) is 24.4 Å². The molecule has 0 aliphatic carbocycles. The molecule has 1 N–H and O–H groups in total. The molecule has 3 aromatic rings. The van der Waals surface area contributed by atoms with Crippen LogP contribution in [0.25, 0.3) is 0 Å². The summed E-state index contributed by atoms with van der Waals surface area (Å²) in [5.74, 6) is 0.891. The number of rotatable bonds is 11. The first kappa shape index (κ1) is 30.1. The van der Waals surface area contributed by atoms with Crippen LogP contribution in [0.4, 0.5) is 4.39 Å². The first-order valence-corrected chi connectivity index (χ1v) is 14.1. The van der Waals surface area contributed by atoms with Crippen molar-refractivity contribution in [3.63, 3.8) is 0 Å². The highest BCUT2D eigenvalue weighted by molar-refractivity contribution is 5.94. The van der Waals surface area contributed by atoms with Gasteiger partial charge in [0.05, 0.1) is 14.2 Å². The maximum absolute atomic E-state index is 13.3. The van der Waals surface area contributed by atoms with Gasteiger partial charge in [-0.3, -0.25) is 14.5 Å². The molecule has 0 spiro atoms. The van der Waals surface area contributed by atoms with Crippen molar-refractivity contribution in [2.75, 3.05) is 27.3 Å². The van der Waals surface area contributed by atoms with Gasteiger partial charge < -0.3 is 19.7 Å². The van der Waals surface area contributed by atoms with Gasteiger partial charge in [-0.25, -0.2) is 4.39 Å². The second-order valence-corrected chi connectivity index (χ2v) is 10.8. The molecule has 1 aliphatic rings. The molecule has 1 heterocycles. The molecule has 1 fully saturated rings. The first-order chi connectivity index (χ1) is 19.8. The van der Waals surface area contributed by atoms with Crippen molar-refractivity contribution in [1.29, 1.82) is 0 Å². The van der Waals surface area contributed by atoms with Gasteiger partial charge >= 0.3 is 0 Å². The van der Waals surface area contributed by atoms with E-state index < -0.39 is 0 Å². The monoisotopic (exact) mass is 561 g/mol. The molecule has 1 saturated heterocycles. The van der Waals surface area contributed by atoms with E-state index in [0.717, 1.165) is 49.2 Å². The number of likely N-dealkylation sites (tertiary alicyclic amines) is 1. The van der Waals surface area contributed by atoms with E-state index in [1.807, 2.05) is 73.3 Å². The first-order valence-electron chi connectivity index (χ1n) is 14.1. The van der Waals surface area contributed by atoms with E-state index in [2.05, 4.69) is 10.2 Å². The van der Waals surface area contributed by atoms with Gasteiger partial charge in [-0.15, -0.1) is 0 Å². The fraction of sp³-hybridized carbons (Fsp3) is 0.394. The Morgan fingerprint density at radius 3 is 2.12 bits per heavy atom. The van der Waals surface area contributed by atoms with Crippen molar-refractivity contribution >= 4 is 11.8 Å². The zero-order valence-electron chi connectivity index (χ0n) is 24.4. The van der Waals surface area contributed by atoms with Crippen LogP contribution in [0.2, 0.25) is 0 Å². The van der Waals surface area contributed by atoms with Crippen LogP contribution in [0.3, 0.4) is 0 Å². The number of carbonyl (C=O) groups is 2. The Kier molecular flexibility index (Phi) is 10.4. The summed E-state index contributed by atoms with van der Waals surface area (Å²) in [7, 11) is 3.17. The summed E-state index contributed by atoms with van der Waals surface area (Å²) in [4.78, 5) is 30.4. The molecule has 41 heavy (non-hydrogen) atoms. The number of carbonyl (C=O) groups excluding carboxylic acids is 2. The van der Waals surface area contributed by atoms with Gasteiger partial charge in [0.1, 0.15) is 5.82 Å². The van der Waals surface area contributed by atoms with Gasteiger partial charge in [-0.1, -0.05) is 44.2 Å². The molecule has 0 aromatic heterocycles. The number of hydrogen-bond acceptors (Lipinski definition) is 5. The lowest BCUT2D eigenvalue weighted by Gasteiger charge is -2.39. The minimum absolute atomic E-state index is 0.103. The van der Waals surface area contributed by atoms with E-state index in [4.69, 9.17) is 9.47 Å². The summed E-state index contributed by atoms with van der Waals surface area (Å²) < 4.78 is 23.9. The second-order valence-electron chi connectivity index (χ2n) is 10.8. The van der Waals surface area contributed by atoms with Crippen LogP contribution in [0.1, 0.15) is 53.7 Å². The largest absolute Gasteiger partial charge is 0.493 e. The Morgan fingerprint density at radius 2 is 1.51 bits per heavy atom. The minimum Gasteiger partial charge on any atom is -0.493 e. The number of halogens is 1. The van der Waals surface area contributed by atoms with E-state index in [9.17, 15) is 14.0 Å².